The van der Waals surface area contributed by atoms with Crippen LogP contribution in [-0.2, 0) is 10.9 Å². The van der Waals surface area contributed by atoms with Crippen LogP contribution in [0.25, 0.3) is 0 Å². The molecule has 0 unspecified atom stereocenters. The van der Waals surface area contributed by atoms with E-state index in [1.54, 1.807) is 0 Å². The highest BCUT2D eigenvalue weighted by molar-refractivity contribution is 9.10. The van der Waals surface area contributed by atoms with Crippen LogP contribution in [-0.4, -0.2) is 17.7 Å². The third-order valence-electron chi connectivity index (χ3n) is 10.3. The number of carbonyl (C=O) groups is 1. The lowest BCUT2D eigenvalue weighted by Gasteiger charge is -2.44. The SMILES string of the molecule is Fc1c(F)c(F)c([B-](c2c(F)c(F)c(F)c(F)c2F)(c2c(F)c(F)c(F)c(F)c2F)c2c(F)c(F)c(F)c(F)c2F)c(F)c1F.O=C(C[S+](c1ccc(Br)cc1)c1ccc(Br)cc1)c1ccccc1. The average molecular weight is 1140 g/mol. The maximum Gasteiger partial charge on any atom is 0.212 e. The summed E-state index contributed by atoms with van der Waals surface area (Å²) in [7, 11) is -0.290. The van der Waals surface area contributed by atoms with Crippen LogP contribution in [0.2, 0.25) is 0 Å². The molecule has 7 rings (SSSR count). The van der Waals surface area contributed by atoms with Crippen molar-refractivity contribution < 1.29 is 92.6 Å². The van der Waals surface area contributed by atoms with Gasteiger partial charge >= 0.3 is 0 Å². The molecule has 0 saturated heterocycles. The first-order valence-corrected chi connectivity index (χ1v) is 21.4. The summed E-state index contributed by atoms with van der Waals surface area (Å²) >= 11 is 6.96. The molecule has 0 spiro atoms. The van der Waals surface area contributed by atoms with Crippen LogP contribution in [0, 0.1) is 116 Å². The van der Waals surface area contributed by atoms with Gasteiger partial charge in [-0.1, -0.05) is 62.2 Å². The monoisotopic (exact) mass is 1140 g/mol. The van der Waals surface area contributed by atoms with Crippen LogP contribution in [0.5, 0.6) is 0 Å². The summed E-state index contributed by atoms with van der Waals surface area (Å²) in [6, 6.07) is 26.0. The molecule has 0 aliphatic carbocycles. The fraction of sp³-hybridized carbons (Fsp3) is 0.0227. The molecule has 25 heteroatoms. The van der Waals surface area contributed by atoms with Crippen molar-refractivity contribution in [1.29, 1.82) is 0 Å². The molecular weight excluding hydrogens is 1130 g/mol. The second-order valence-electron chi connectivity index (χ2n) is 14.0. The van der Waals surface area contributed by atoms with Crippen molar-refractivity contribution in [2.45, 2.75) is 9.79 Å². The van der Waals surface area contributed by atoms with E-state index in [0.717, 1.165) is 14.5 Å². The Balaban J connectivity index is 0.000000273. The van der Waals surface area contributed by atoms with Crippen LogP contribution in [0.3, 0.4) is 0 Å². The summed E-state index contributed by atoms with van der Waals surface area (Å²) in [5, 5.41) is 0. The first kappa shape index (κ1) is 52.6. The maximum atomic E-state index is 15.4. The lowest BCUT2D eigenvalue weighted by atomic mass is 9.12. The summed E-state index contributed by atoms with van der Waals surface area (Å²) in [4.78, 5) is 15.1. The lowest BCUT2D eigenvalue weighted by Crippen LogP contribution is -2.81. The summed E-state index contributed by atoms with van der Waals surface area (Å²) in [5.41, 5.74) is -13.6. The molecule has 0 saturated carbocycles. The zero-order chi connectivity index (χ0) is 51.3. The first-order chi connectivity index (χ1) is 32.3. The molecule has 7 aromatic rings. The molecule has 0 bridgehead atoms. The van der Waals surface area contributed by atoms with Gasteiger partial charge in [0.1, 0.15) is 52.7 Å². The maximum absolute atomic E-state index is 15.4. The Morgan fingerprint density at radius 3 is 0.783 bits per heavy atom. The minimum absolute atomic E-state index is 0.171. The minimum Gasteiger partial charge on any atom is -0.289 e. The Kier molecular flexibility index (Phi) is 15.4. The normalized spacial score (nSPS) is 11.6. The number of halogens is 22. The second kappa shape index (κ2) is 20.3. The Labute approximate surface area is 392 Å². The van der Waals surface area contributed by atoms with Crippen molar-refractivity contribution >= 4 is 76.5 Å². The molecule has 360 valence electrons. The summed E-state index contributed by atoms with van der Waals surface area (Å²) in [6.45, 7) is 0. The van der Waals surface area contributed by atoms with Gasteiger partial charge in [-0.2, -0.15) is 0 Å². The molecule has 0 amide bonds. The topological polar surface area (TPSA) is 17.1 Å². The molecule has 0 heterocycles. The highest BCUT2D eigenvalue weighted by Gasteiger charge is 2.52. The van der Waals surface area contributed by atoms with Crippen molar-refractivity contribution in [3.8, 4) is 0 Å². The number of Topliss-reactive ketones (excluding diaryl/α,β-unsaturated/α-hetero) is 1. The quantitative estimate of drug-likeness (QED) is 0.0352. The number of benzene rings is 7. The van der Waals surface area contributed by atoms with E-state index < -0.39 is 144 Å². The van der Waals surface area contributed by atoms with Crippen LogP contribution in [0.4, 0.5) is 87.8 Å². The van der Waals surface area contributed by atoms with Crippen molar-refractivity contribution in [3.63, 3.8) is 0 Å². The van der Waals surface area contributed by atoms with Gasteiger partial charge in [0.15, 0.2) is 85.4 Å². The van der Waals surface area contributed by atoms with Gasteiger partial charge in [-0.15, -0.1) is 21.9 Å². The molecule has 0 N–H and O–H groups in total. The van der Waals surface area contributed by atoms with E-state index in [-0.39, 0.29) is 16.7 Å². The number of ketones is 1. The average Bonchev–Trinajstić information content (AvgIpc) is 3.34. The number of hydrogen-bond acceptors (Lipinski definition) is 1. The molecule has 7 aromatic carbocycles. The van der Waals surface area contributed by atoms with Gasteiger partial charge in [-0.3, -0.25) is 4.79 Å². The van der Waals surface area contributed by atoms with E-state index >= 15 is 35.1 Å². The fourth-order valence-corrected chi connectivity index (χ4v) is 9.71. The van der Waals surface area contributed by atoms with E-state index in [0.29, 0.717) is 5.75 Å². The third-order valence-corrected chi connectivity index (χ3v) is 13.6. The smallest absolute Gasteiger partial charge is 0.212 e. The number of carbonyl (C=O) groups excluding carboxylic acids is 1. The molecule has 0 fully saturated rings. The van der Waals surface area contributed by atoms with Gasteiger partial charge in [0, 0.05) is 14.5 Å². The molecule has 0 aliphatic rings. The van der Waals surface area contributed by atoms with Crippen molar-refractivity contribution in [3.05, 3.63) is 210 Å². The van der Waals surface area contributed by atoms with E-state index in [4.69, 9.17) is 0 Å². The Hall–Kier alpha value is -5.82. The highest BCUT2D eigenvalue weighted by Crippen LogP contribution is 2.32. The summed E-state index contributed by atoms with van der Waals surface area (Å²) < 4.78 is 296. The Morgan fingerprint density at radius 1 is 0.333 bits per heavy atom. The van der Waals surface area contributed by atoms with Crippen LogP contribution >= 0.6 is 31.9 Å². The Morgan fingerprint density at radius 2 is 0.551 bits per heavy atom. The minimum atomic E-state index is -7.22. The van der Waals surface area contributed by atoms with Gasteiger partial charge in [0.05, 0.1) is 10.9 Å². The lowest BCUT2D eigenvalue weighted by molar-refractivity contribution is 0.102. The van der Waals surface area contributed by atoms with Gasteiger partial charge in [-0.05, 0) is 48.5 Å². The predicted octanol–water partition coefficient (Wildman–Crippen LogP) is 12.0. The number of rotatable bonds is 9. The zero-order valence-corrected chi connectivity index (χ0v) is 36.9. The molecule has 0 atom stereocenters. The van der Waals surface area contributed by atoms with Gasteiger partial charge in [0.2, 0.25) is 5.78 Å². The second-order valence-corrected chi connectivity index (χ2v) is 17.9. The molecule has 0 aromatic heterocycles. The van der Waals surface area contributed by atoms with Crippen LogP contribution < -0.4 is 21.9 Å². The molecule has 69 heavy (non-hydrogen) atoms. The van der Waals surface area contributed by atoms with Crippen LogP contribution in [0.15, 0.2) is 97.6 Å². The van der Waals surface area contributed by atoms with Gasteiger partial charge in [0.25, 0.3) is 0 Å². The zero-order valence-electron chi connectivity index (χ0n) is 32.9. The van der Waals surface area contributed by atoms with E-state index in [2.05, 4.69) is 56.1 Å². The Bertz CT molecular complexity index is 2750. The van der Waals surface area contributed by atoms with E-state index in [9.17, 15) is 57.5 Å². The fourth-order valence-electron chi connectivity index (χ4n) is 7.21. The van der Waals surface area contributed by atoms with E-state index in [1.165, 1.54) is 9.79 Å². The van der Waals surface area contributed by atoms with Crippen molar-refractivity contribution in [2.24, 2.45) is 0 Å². The van der Waals surface area contributed by atoms with Gasteiger partial charge in [-0.25, -0.2) is 87.8 Å². The van der Waals surface area contributed by atoms with Gasteiger partial charge < -0.3 is 0 Å². The standard InChI is InChI=1S/C24BF20.C20H15Br2OS/c26-5-1(6(27)14(35)21(42)13(5)34)25(2-7(28)15(36)22(43)16(37)8(2)29,3-9(30)17(38)23(44)18(39)10(3)31)4-11(32)19(40)24(45)20(41)12(4)33;21-16-6-10-18(11-7-16)24(19-12-8-17(22)9-13-19)14-20(23)15-4-2-1-3-5-15/h;1-13H,14H2/q-1;+1. The summed E-state index contributed by atoms with van der Waals surface area (Å²) in [6.07, 6.45) is -7.22. The number of hydrogen-bond donors (Lipinski definition) is 0. The molecule has 1 nitrogen and oxygen atoms in total. The summed E-state index contributed by atoms with van der Waals surface area (Å²) in [5.74, 6) is -70.8. The largest absolute Gasteiger partial charge is 0.289 e. The first-order valence-electron chi connectivity index (χ1n) is 18.4. The van der Waals surface area contributed by atoms with Crippen molar-refractivity contribution in [2.75, 3.05) is 5.75 Å². The van der Waals surface area contributed by atoms with Crippen LogP contribution in [0.1, 0.15) is 10.4 Å². The molecule has 0 radical (unpaired) electrons. The predicted molar refractivity (Wildman–Crippen MR) is 217 cm³/mol. The molecular formula is C44H15BBr2F20OS. The van der Waals surface area contributed by atoms with Crippen molar-refractivity contribution in [1.82, 2.24) is 0 Å². The highest BCUT2D eigenvalue weighted by atomic mass is 79.9. The van der Waals surface area contributed by atoms with E-state index in [1.807, 2.05) is 54.6 Å². The molecule has 0 aliphatic heterocycles. The third kappa shape index (κ3) is 9.00.